The van der Waals surface area contributed by atoms with Gasteiger partial charge in [0, 0.05) is 23.4 Å². The Bertz CT molecular complexity index is 1030. The van der Waals surface area contributed by atoms with Crippen LogP contribution in [0.25, 0.3) is 0 Å². The van der Waals surface area contributed by atoms with E-state index < -0.39 is 55.3 Å². The molecule has 1 amide bonds. The predicted molar refractivity (Wildman–Crippen MR) is 96.1 cm³/mol. The molecule has 0 atom stereocenters. The van der Waals surface area contributed by atoms with Gasteiger partial charge in [0.25, 0.3) is 5.91 Å². The number of hydrogen-bond donors (Lipinski definition) is 2. The Morgan fingerprint density at radius 3 is 2.10 bits per heavy atom. The van der Waals surface area contributed by atoms with Crippen LogP contribution in [0.5, 0.6) is 0 Å². The second-order valence-electron chi connectivity index (χ2n) is 6.83. The van der Waals surface area contributed by atoms with Crippen LogP contribution in [0, 0.1) is 23.3 Å². The Labute approximate surface area is 164 Å². The fourth-order valence-corrected chi connectivity index (χ4v) is 5.11. The number of benzene rings is 2. The standard InChI is InChI=1S/C19H17F4NO4S/c20-14-6-1-10(19(26)24-11-8-15(21)18(23)16(22)9-11)7-17(14)29(27,28)13-4-2-12(25)3-5-13/h1,6-9,12-13,25H,2-5H2,(H,24,26)/t12-,13-. The summed E-state index contributed by atoms with van der Waals surface area (Å²) in [6.07, 6.45) is 0.266. The van der Waals surface area contributed by atoms with Gasteiger partial charge in [0.05, 0.1) is 11.4 Å². The topological polar surface area (TPSA) is 83.5 Å². The monoisotopic (exact) mass is 431 g/mol. The van der Waals surface area contributed by atoms with Crippen molar-refractivity contribution in [3.63, 3.8) is 0 Å². The Kier molecular flexibility index (Phi) is 5.95. The zero-order valence-corrected chi connectivity index (χ0v) is 15.8. The summed E-state index contributed by atoms with van der Waals surface area (Å²) in [6.45, 7) is 0. The molecule has 2 aromatic rings. The van der Waals surface area contributed by atoms with E-state index in [9.17, 15) is 35.9 Å². The van der Waals surface area contributed by atoms with Gasteiger partial charge in [-0.05, 0) is 43.9 Å². The minimum Gasteiger partial charge on any atom is -0.393 e. The van der Waals surface area contributed by atoms with Crippen LogP contribution < -0.4 is 5.32 Å². The van der Waals surface area contributed by atoms with Gasteiger partial charge in [0.2, 0.25) is 0 Å². The van der Waals surface area contributed by atoms with Crippen molar-refractivity contribution < 1.29 is 35.9 Å². The summed E-state index contributed by atoms with van der Waals surface area (Å²) in [4.78, 5) is 11.7. The third-order valence-corrected chi connectivity index (χ3v) is 7.10. The van der Waals surface area contributed by atoms with Crippen LogP contribution in [0.4, 0.5) is 23.2 Å². The van der Waals surface area contributed by atoms with Gasteiger partial charge < -0.3 is 10.4 Å². The molecule has 0 saturated heterocycles. The van der Waals surface area contributed by atoms with Crippen molar-refractivity contribution in [2.75, 3.05) is 5.32 Å². The van der Waals surface area contributed by atoms with E-state index in [1.165, 1.54) is 0 Å². The van der Waals surface area contributed by atoms with E-state index in [0.717, 1.165) is 18.2 Å². The Balaban J connectivity index is 1.87. The van der Waals surface area contributed by atoms with E-state index in [2.05, 4.69) is 5.32 Å². The van der Waals surface area contributed by atoms with E-state index in [0.29, 0.717) is 12.1 Å². The first-order valence-corrected chi connectivity index (χ1v) is 10.3. The Hall–Kier alpha value is -2.46. The summed E-state index contributed by atoms with van der Waals surface area (Å²) in [7, 11) is -4.10. The maximum atomic E-state index is 14.2. The molecule has 10 heteroatoms. The van der Waals surface area contributed by atoms with E-state index in [1.807, 2.05) is 0 Å². The van der Waals surface area contributed by atoms with Gasteiger partial charge in [0.1, 0.15) is 10.7 Å². The van der Waals surface area contributed by atoms with Crippen LogP contribution in [-0.2, 0) is 9.84 Å². The smallest absolute Gasteiger partial charge is 0.255 e. The van der Waals surface area contributed by atoms with Crippen LogP contribution in [0.15, 0.2) is 35.2 Å². The fraction of sp³-hybridized carbons (Fsp3) is 0.316. The van der Waals surface area contributed by atoms with Crippen LogP contribution in [-0.4, -0.2) is 30.8 Å². The lowest BCUT2D eigenvalue weighted by Gasteiger charge is -2.25. The molecule has 2 aromatic carbocycles. The molecular weight excluding hydrogens is 414 g/mol. The van der Waals surface area contributed by atoms with Crippen molar-refractivity contribution in [3.8, 4) is 0 Å². The number of amides is 1. The summed E-state index contributed by atoms with van der Waals surface area (Å²) in [5.74, 6) is -6.71. The molecule has 0 aromatic heterocycles. The molecule has 29 heavy (non-hydrogen) atoms. The maximum absolute atomic E-state index is 14.2. The highest BCUT2D eigenvalue weighted by atomic mass is 32.2. The number of anilines is 1. The van der Waals surface area contributed by atoms with Gasteiger partial charge in [-0.15, -0.1) is 0 Å². The van der Waals surface area contributed by atoms with Gasteiger partial charge in [0.15, 0.2) is 27.3 Å². The first kappa shape index (κ1) is 21.3. The second kappa shape index (κ2) is 8.11. The molecule has 2 N–H and O–H groups in total. The van der Waals surface area contributed by atoms with E-state index in [1.54, 1.807) is 0 Å². The third kappa shape index (κ3) is 4.43. The van der Waals surface area contributed by atoms with Crippen molar-refractivity contribution in [2.24, 2.45) is 0 Å². The summed E-state index contributed by atoms with van der Waals surface area (Å²) in [6, 6.07) is 3.80. The molecule has 1 aliphatic rings. The molecule has 0 heterocycles. The van der Waals surface area contributed by atoms with E-state index >= 15 is 0 Å². The number of carbonyl (C=O) groups is 1. The number of sulfone groups is 1. The molecule has 0 aliphatic heterocycles. The molecule has 0 radical (unpaired) electrons. The molecule has 0 spiro atoms. The van der Waals surface area contributed by atoms with Crippen LogP contribution in [0.3, 0.4) is 0 Å². The fourth-order valence-electron chi connectivity index (χ4n) is 3.23. The average molecular weight is 431 g/mol. The number of aliphatic hydroxyl groups excluding tert-OH is 1. The summed E-state index contributed by atoms with van der Waals surface area (Å²) in [5, 5.41) is 10.8. The Morgan fingerprint density at radius 1 is 0.931 bits per heavy atom. The molecule has 1 aliphatic carbocycles. The van der Waals surface area contributed by atoms with Crippen molar-refractivity contribution in [2.45, 2.75) is 41.9 Å². The highest BCUT2D eigenvalue weighted by Crippen LogP contribution is 2.31. The van der Waals surface area contributed by atoms with Gasteiger partial charge >= 0.3 is 0 Å². The quantitative estimate of drug-likeness (QED) is 0.573. The number of nitrogens with one attached hydrogen (secondary N) is 1. The lowest BCUT2D eigenvalue weighted by atomic mass is 9.97. The molecule has 0 bridgehead atoms. The third-order valence-electron chi connectivity index (χ3n) is 4.82. The van der Waals surface area contributed by atoms with Gasteiger partial charge in [-0.2, -0.15) is 0 Å². The highest BCUT2D eigenvalue weighted by Gasteiger charge is 2.33. The van der Waals surface area contributed by atoms with Crippen LogP contribution >= 0.6 is 0 Å². The molecule has 1 saturated carbocycles. The number of aliphatic hydroxyl groups is 1. The predicted octanol–water partition coefficient (Wildman–Crippen LogP) is 3.57. The van der Waals surface area contributed by atoms with E-state index in [4.69, 9.17) is 0 Å². The average Bonchev–Trinajstić information content (AvgIpc) is 2.66. The van der Waals surface area contributed by atoms with Gasteiger partial charge in [-0.25, -0.2) is 26.0 Å². The first-order chi connectivity index (χ1) is 13.6. The molecule has 156 valence electrons. The summed E-state index contributed by atoms with van der Waals surface area (Å²) >= 11 is 0. The number of rotatable bonds is 4. The normalized spacial score (nSPS) is 19.8. The van der Waals surface area contributed by atoms with Crippen molar-refractivity contribution in [1.82, 2.24) is 0 Å². The number of halogens is 4. The number of carbonyl (C=O) groups excluding carboxylic acids is 1. The summed E-state index contributed by atoms with van der Waals surface area (Å²) < 4.78 is 79.4. The largest absolute Gasteiger partial charge is 0.393 e. The van der Waals surface area contributed by atoms with Crippen molar-refractivity contribution in [1.29, 1.82) is 0 Å². The lowest BCUT2D eigenvalue weighted by Crippen LogP contribution is -2.30. The van der Waals surface area contributed by atoms with Crippen LogP contribution in [0.2, 0.25) is 0 Å². The van der Waals surface area contributed by atoms with Crippen LogP contribution in [0.1, 0.15) is 36.0 Å². The SMILES string of the molecule is O=C(Nc1cc(F)c(F)c(F)c1)c1ccc(F)c(S(=O)(=O)[C@H]2CC[C@H](O)CC2)c1. The van der Waals surface area contributed by atoms with Crippen molar-refractivity contribution in [3.05, 3.63) is 59.2 Å². The summed E-state index contributed by atoms with van der Waals surface area (Å²) in [5.41, 5.74) is -0.646. The maximum Gasteiger partial charge on any atom is 0.255 e. The second-order valence-corrected chi connectivity index (χ2v) is 9.03. The molecular formula is C19H17F4NO4S. The highest BCUT2D eigenvalue weighted by molar-refractivity contribution is 7.92. The zero-order valence-electron chi connectivity index (χ0n) is 15.0. The minimum atomic E-state index is -4.10. The molecule has 0 unspecified atom stereocenters. The first-order valence-electron chi connectivity index (χ1n) is 8.77. The zero-order chi connectivity index (χ0) is 21.3. The lowest BCUT2D eigenvalue weighted by molar-refractivity contribution is 0.102. The van der Waals surface area contributed by atoms with E-state index in [-0.39, 0.29) is 36.9 Å². The molecule has 1 fully saturated rings. The number of hydrogen-bond acceptors (Lipinski definition) is 4. The minimum absolute atomic E-state index is 0.160. The van der Waals surface area contributed by atoms with Crippen molar-refractivity contribution >= 4 is 21.4 Å². The van der Waals surface area contributed by atoms with Gasteiger partial charge in [-0.3, -0.25) is 4.79 Å². The molecule has 3 rings (SSSR count). The Morgan fingerprint density at radius 2 is 1.52 bits per heavy atom. The van der Waals surface area contributed by atoms with Gasteiger partial charge in [-0.1, -0.05) is 0 Å². The molecule has 5 nitrogen and oxygen atoms in total.